The van der Waals surface area contributed by atoms with Gasteiger partial charge in [-0.15, -0.1) is 0 Å². The van der Waals surface area contributed by atoms with Crippen LogP contribution in [0, 0.1) is 30.8 Å². The zero-order chi connectivity index (χ0) is 8.15. The van der Waals surface area contributed by atoms with Crippen molar-refractivity contribution in [2.45, 2.75) is 27.7 Å². The number of hydrogen-bond acceptors (Lipinski definition) is 0. The van der Waals surface area contributed by atoms with Gasteiger partial charge in [0.25, 0.3) is 0 Å². The molecule has 0 N–H and O–H groups in total. The van der Waals surface area contributed by atoms with Crippen LogP contribution in [0.2, 0.25) is 0 Å². The average molecular weight is 138 g/mol. The molecule has 0 aromatic carbocycles. The molecule has 0 amide bonds. The van der Waals surface area contributed by atoms with Crippen molar-refractivity contribution in [3.63, 3.8) is 0 Å². The Labute approximate surface area is 65.3 Å². The Kier molecular flexibility index (Phi) is 4.42. The van der Waals surface area contributed by atoms with Crippen molar-refractivity contribution >= 4 is 0 Å². The number of allylic oxidation sites excluding steroid dienone is 2. The SMILES string of the molecule is [CH2]C(/C=[C]/C(C)C)C(C)C. The Morgan fingerprint density at radius 3 is 2.00 bits per heavy atom. The van der Waals surface area contributed by atoms with Gasteiger partial charge in [0, 0.05) is 0 Å². The highest BCUT2D eigenvalue weighted by molar-refractivity contribution is 4.87. The Morgan fingerprint density at radius 1 is 1.20 bits per heavy atom. The lowest BCUT2D eigenvalue weighted by Crippen LogP contribution is -2.00. The standard InChI is InChI=1S/C10H18/c1-8(2)6-7-10(5)9(3)4/h7-10H,5H2,1-4H3. The van der Waals surface area contributed by atoms with Crippen molar-refractivity contribution in [3.8, 4) is 0 Å². The van der Waals surface area contributed by atoms with E-state index in [9.17, 15) is 0 Å². The van der Waals surface area contributed by atoms with Crippen LogP contribution in [0.4, 0.5) is 0 Å². The van der Waals surface area contributed by atoms with Gasteiger partial charge in [0.05, 0.1) is 0 Å². The summed E-state index contributed by atoms with van der Waals surface area (Å²) >= 11 is 0. The first-order valence-corrected chi connectivity index (χ1v) is 3.96. The highest BCUT2D eigenvalue weighted by Crippen LogP contribution is 2.10. The molecule has 0 heterocycles. The molecule has 0 aliphatic heterocycles. The summed E-state index contributed by atoms with van der Waals surface area (Å²) < 4.78 is 0. The van der Waals surface area contributed by atoms with Crippen LogP contribution >= 0.6 is 0 Å². The minimum Gasteiger partial charge on any atom is -0.0774 e. The molecule has 0 aliphatic rings. The van der Waals surface area contributed by atoms with Gasteiger partial charge < -0.3 is 0 Å². The summed E-state index contributed by atoms with van der Waals surface area (Å²) in [4.78, 5) is 0. The third-order valence-electron chi connectivity index (χ3n) is 1.50. The van der Waals surface area contributed by atoms with E-state index < -0.39 is 0 Å². The average Bonchev–Trinajstić information content (AvgIpc) is 1.82. The molecular weight excluding hydrogens is 120 g/mol. The lowest BCUT2D eigenvalue weighted by molar-refractivity contribution is 0.542. The predicted octanol–water partition coefficient (Wildman–Crippen LogP) is 3.11. The summed E-state index contributed by atoms with van der Waals surface area (Å²) in [7, 11) is 0. The largest absolute Gasteiger partial charge is 0.0774 e. The second-order valence-corrected chi connectivity index (χ2v) is 3.40. The second kappa shape index (κ2) is 4.54. The zero-order valence-electron chi connectivity index (χ0n) is 7.52. The van der Waals surface area contributed by atoms with Crippen molar-refractivity contribution in [2.24, 2.45) is 17.8 Å². The number of rotatable bonds is 3. The van der Waals surface area contributed by atoms with Crippen LogP contribution in [0.15, 0.2) is 6.08 Å². The Morgan fingerprint density at radius 2 is 1.70 bits per heavy atom. The normalized spacial score (nSPS) is 15.5. The molecule has 0 aromatic rings. The van der Waals surface area contributed by atoms with Gasteiger partial charge in [0.2, 0.25) is 0 Å². The van der Waals surface area contributed by atoms with Crippen LogP contribution < -0.4 is 0 Å². The topological polar surface area (TPSA) is 0 Å². The van der Waals surface area contributed by atoms with Gasteiger partial charge in [-0.05, 0) is 30.8 Å². The first kappa shape index (κ1) is 9.74. The lowest BCUT2D eigenvalue weighted by atomic mass is 9.96. The van der Waals surface area contributed by atoms with Crippen molar-refractivity contribution in [1.82, 2.24) is 0 Å². The highest BCUT2D eigenvalue weighted by Gasteiger charge is 2.01. The quantitative estimate of drug-likeness (QED) is 0.562. The maximum atomic E-state index is 3.99. The van der Waals surface area contributed by atoms with Crippen LogP contribution in [0.3, 0.4) is 0 Å². The van der Waals surface area contributed by atoms with E-state index in [2.05, 4.69) is 46.8 Å². The number of hydrogen-bond donors (Lipinski definition) is 0. The molecule has 2 radical (unpaired) electrons. The molecule has 0 aromatic heterocycles. The van der Waals surface area contributed by atoms with Crippen molar-refractivity contribution < 1.29 is 0 Å². The first-order valence-electron chi connectivity index (χ1n) is 3.96. The fourth-order valence-corrected chi connectivity index (χ4v) is 0.508. The third-order valence-corrected chi connectivity index (χ3v) is 1.50. The highest BCUT2D eigenvalue weighted by atomic mass is 14.1. The van der Waals surface area contributed by atoms with E-state index in [1.54, 1.807) is 0 Å². The van der Waals surface area contributed by atoms with Gasteiger partial charge in [-0.2, -0.15) is 0 Å². The van der Waals surface area contributed by atoms with Crippen LogP contribution in [-0.2, 0) is 0 Å². The molecule has 0 saturated heterocycles. The van der Waals surface area contributed by atoms with Crippen LogP contribution in [0.1, 0.15) is 27.7 Å². The van der Waals surface area contributed by atoms with Crippen molar-refractivity contribution in [2.75, 3.05) is 0 Å². The molecule has 0 nitrogen and oxygen atoms in total. The Hall–Kier alpha value is -0.260. The lowest BCUT2D eigenvalue weighted by Gasteiger charge is -2.09. The minimum atomic E-state index is 0.419. The molecule has 1 atom stereocenters. The van der Waals surface area contributed by atoms with Gasteiger partial charge >= 0.3 is 0 Å². The third kappa shape index (κ3) is 4.60. The molecule has 58 valence electrons. The maximum Gasteiger partial charge on any atom is -0.0204 e. The summed E-state index contributed by atoms with van der Waals surface area (Å²) in [5, 5.41) is 0. The van der Waals surface area contributed by atoms with Crippen molar-refractivity contribution in [1.29, 1.82) is 0 Å². The maximum absolute atomic E-state index is 3.99. The van der Waals surface area contributed by atoms with Gasteiger partial charge in [-0.3, -0.25) is 0 Å². The molecule has 0 saturated carbocycles. The molecule has 0 rings (SSSR count). The van der Waals surface area contributed by atoms with Crippen molar-refractivity contribution in [3.05, 3.63) is 19.1 Å². The van der Waals surface area contributed by atoms with E-state index in [-0.39, 0.29) is 0 Å². The zero-order valence-corrected chi connectivity index (χ0v) is 7.52. The summed E-state index contributed by atoms with van der Waals surface area (Å²) in [6.07, 6.45) is 5.32. The van der Waals surface area contributed by atoms with E-state index >= 15 is 0 Å². The Bertz CT molecular complexity index is 98.6. The summed E-state index contributed by atoms with van der Waals surface area (Å²) in [5.41, 5.74) is 0. The Balaban J connectivity index is 3.66. The summed E-state index contributed by atoms with van der Waals surface area (Å²) in [6, 6.07) is 0. The van der Waals surface area contributed by atoms with E-state index in [1.807, 2.05) is 0 Å². The summed E-state index contributed by atoms with van der Waals surface area (Å²) in [5.74, 6) is 1.58. The van der Waals surface area contributed by atoms with E-state index in [1.165, 1.54) is 0 Å². The van der Waals surface area contributed by atoms with Gasteiger partial charge in [0.15, 0.2) is 0 Å². The van der Waals surface area contributed by atoms with Crippen LogP contribution in [0.5, 0.6) is 0 Å². The molecule has 0 fully saturated rings. The fraction of sp³-hybridized carbons (Fsp3) is 0.700. The molecular formula is C10H18. The molecule has 0 aliphatic carbocycles. The molecule has 0 bridgehead atoms. The predicted molar refractivity (Wildman–Crippen MR) is 46.3 cm³/mol. The monoisotopic (exact) mass is 138 g/mol. The van der Waals surface area contributed by atoms with Crippen LogP contribution in [-0.4, -0.2) is 0 Å². The van der Waals surface area contributed by atoms with Gasteiger partial charge in [-0.25, -0.2) is 0 Å². The summed E-state index contributed by atoms with van der Waals surface area (Å²) in [6.45, 7) is 12.6. The molecule has 0 heteroatoms. The smallest absolute Gasteiger partial charge is 0.0204 e. The minimum absolute atomic E-state index is 0.419. The first-order chi connectivity index (χ1) is 4.54. The second-order valence-electron chi connectivity index (χ2n) is 3.40. The van der Waals surface area contributed by atoms with Gasteiger partial charge in [-0.1, -0.05) is 33.8 Å². The molecule has 1 unspecified atom stereocenters. The van der Waals surface area contributed by atoms with Crippen LogP contribution in [0.25, 0.3) is 0 Å². The van der Waals surface area contributed by atoms with E-state index in [0.717, 1.165) is 0 Å². The van der Waals surface area contributed by atoms with Gasteiger partial charge in [0.1, 0.15) is 0 Å². The molecule has 10 heavy (non-hydrogen) atoms. The van der Waals surface area contributed by atoms with E-state index in [0.29, 0.717) is 17.8 Å². The fourth-order valence-electron chi connectivity index (χ4n) is 0.508. The molecule has 0 spiro atoms. The van der Waals surface area contributed by atoms with E-state index in [4.69, 9.17) is 0 Å².